The smallest absolute Gasteiger partial charge is 0.319 e. The molecule has 3 aliphatic heterocycles. The normalized spacial score (nSPS) is 25.7. The summed E-state index contributed by atoms with van der Waals surface area (Å²) >= 11 is 0. The van der Waals surface area contributed by atoms with Crippen LogP contribution in [0.5, 0.6) is 11.5 Å². The van der Waals surface area contributed by atoms with Crippen LogP contribution in [0, 0.1) is 11.8 Å². The number of hydrogen-bond donors (Lipinski definition) is 1. The molecule has 3 fully saturated rings. The van der Waals surface area contributed by atoms with Gasteiger partial charge in [-0.15, -0.1) is 0 Å². The standard InChI is InChI=1S/C35H52N2O6/c1-5-6-7-8-9-10-11-12-13-14-31(38)43-18-16-25-19-24-22-35(34(39)42-4)32-26(15-17-37(23-24)33(25)35)27-20-29(40-2)30(41-3)21-28(27)36-32/h20-21,24-25,33,36H,5-19,22-23H2,1-4H3. The molecule has 2 aromatic rings. The number of aromatic amines is 1. The van der Waals surface area contributed by atoms with E-state index in [2.05, 4.69) is 16.8 Å². The first-order valence-corrected chi connectivity index (χ1v) is 16.7. The first kappa shape index (κ1) is 31.7. The molecule has 1 aliphatic carbocycles. The van der Waals surface area contributed by atoms with Gasteiger partial charge < -0.3 is 23.9 Å². The Morgan fingerprint density at radius 2 is 1.67 bits per heavy atom. The van der Waals surface area contributed by atoms with Gasteiger partial charge in [-0.1, -0.05) is 58.3 Å². The Bertz CT molecular complexity index is 1260. The third-order valence-corrected chi connectivity index (χ3v) is 10.4. The highest BCUT2D eigenvalue weighted by Crippen LogP contribution is 2.55. The highest BCUT2D eigenvalue weighted by molar-refractivity contribution is 5.93. The first-order valence-electron chi connectivity index (χ1n) is 16.7. The maximum atomic E-state index is 13.9. The second-order valence-corrected chi connectivity index (χ2v) is 13.0. The minimum absolute atomic E-state index is 0.000850. The summed E-state index contributed by atoms with van der Waals surface area (Å²) in [5.41, 5.74) is 2.31. The van der Waals surface area contributed by atoms with E-state index in [0.717, 1.165) is 68.2 Å². The van der Waals surface area contributed by atoms with Crippen LogP contribution in [0.4, 0.5) is 0 Å². The van der Waals surface area contributed by atoms with Gasteiger partial charge in [0.15, 0.2) is 11.5 Å². The van der Waals surface area contributed by atoms with Gasteiger partial charge in [0.25, 0.3) is 0 Å². The maximum absolute atomic E-state index is 13.9. The summed E-state index contributed by atoms with van der Waals surface area (Å²) in [5.74, 6) is 1.70. The van der Waals surface area contributed by atoms with Crippen molar-refractivity contribution in [3.8, 4) is 11.5 Å². The number of piperidine rings is 2. The van der Waals surface area contributed by atoms with Crippen LogP contribution in [0.2, 0.25) is 0 Å². The molecule has 238 valence electrons. The maximum Gasteiger partial charge on any atom is 0.319 e. The number of methoxy groups -OCH3 is 3. The lowest BCUT2D eigenvalue weighted by molar-refractivity contribution is -0.163. The summed E-state index contributed by atoms with van der Waals surface area (Å²) in [6.07, 6.45) is 15.0. The van der Waals surface area contributed by atoms with Crippen LogP contribution in [-0.4, -0.2) is 68.9 Å². The van der Waals surface area contributed by atoms with E-state index in [4.69, 9.17) is 18.9 Å². The highest BCUT2D eigenvalue weighted by atomic mass is 16.5. The lowest BCUT2D eigenvalue weighted by Gasteiger charge is -2.57. The Kier molecular flexibility index (Phi) is 10.6. The van der Waals surface area contributed by atoms with E-state index >= 15 is 0 Å². The molecule has 4 aliphatic rings. The van der Waals surface area contributed by atoms with Crippen molar-refractivity contribution in [3.63, 3.8) is 0 Å². The number of ether oxygens (including phenoxy) is 4. The second-order valence-electron chi connectivity index (χ2n) is 13.0. The monoisotopic (exact) mass is 596 g/mol. The minimum Gasteiger partial charge on any atom is -0.493 e. The molecule has 1 N–H and O–H groups in total. The van der Waals surface area contributed by atoms with Crippen molar-refractivity contribution in [1.82, 2.24) is 9.88 Å². The second kappa shape index (κ2) is 14.4. The number of rotatable bonds is 16. The molecule has 4 heterocycles. The number of hydrogen-bond acceptors (Lipinski definition) is 7. The molecular formula is C35H52N2O6. The summed E-state index contributed by atoms with van der Waals surface area (Å²) in [7, 11) is 4.79. The van der Waals surface area contributed by atoms with Crippen LogP contribution in [0.25, 0.3) is 10.9 Å². The number of nitrogens with one attached hydrogen (secondary N) is 1. The summed E-state index contributed by atoms with van der Waals surface area (Å²) in [6.45, 7) is 4.53. The summed E-state index contributed by atoms with van der Waals surface area (Å²) in [5, 5.41) is 1.07. The third-order valence-electron chi connectivity index (χ3n) is 10.4. The predicted octanol–water partition coefficient (Wildman–Crippen LogP) is 6.72. The Morgan fingerprint density at radius 1 is 0.977 bits per heavy atom. The zero-order valence-corrected chi connectivity index (χ0v) is 26.8. The summed E-state index contributed by atoms with van der Waals surface area (Å²) in [4.78, 5) is 32.7. The highest BCUT2D eigenvalue weighted by Gasteiger charge is 2.63. The van der Waals surface area contributed by atoms with Crippen LogP contribution in [0.15, 0.2) is 12.1 Å². The lowest BCUT2D eigenvalue weighted by atomic mass is 9.56. The number of aromatic nitrogens is 1. The third kappa shape index (κ3) is 6.40. The molecule has 1 saturated carbocycles. The predicted molar refractivity (Wildman–Crippen MR) is 168 cm³/mol. The Labute approximate surface area is 257 Å². The van der Waals surface area contributed by atoms with E-state index in [1.807, 2.05) is 12.1 Å². The van der Waals surface area contributed by atoms with Gasteiger partial charge in [0.1, 0.15) is 5.41 Å². The van der Waals surface area contributed by atoms with Crippen molar-refractivity contribution in [1.29, 1.82) is 0 Å². The van der Waals surface area contributed by atoms with E-state index in [1.165, 1.54) is 57.6 Å². The van der Waals surface area contributed by atoms with Crippen molar-refractivity contribution in [2.45, 2.75) is 108 Å². The van der Waals surface area contributed by atoms with Gasteiger partial charge in [-0.3, -0.25) is 14.5 Å². The molecule has 5 atom stereocenters. The summed E-state index contributed by atoms with van der Waals surface area (Å²) < 4.78 is 22.5. The molecule has 8 nitrogen and oxygen atoms in total. The number of H-pyrrole nitrogens is 1. The van der Waals surface area contributed by atoms with Gasteiger partial charge in [-0.25, -0.2) is 0 Å². The topological polar surface area (TPSA) is 90.1 Å². The van der Waals surface area contributed by atoms with Crippen LogP contribution in [-0.2, 0) is 30.9 Å². The van der Waals surface area contributed by atoms with E-state index in [0.29, 0.717) is 30.4 Å². The van der Waals surface area contributed by atoms with Crippen LogP contribution >= 0.6 is 0 Å². The number of carbonyl (C=O) groups excluding carboxylic acids is 2. The summed E-state index contributed by atoms with van der Waals surface area (Å²) in [6, 6.07) is 4.00. The Hall–Kier alpha value is -2.74. The van der Waals surface area contributed by atoms with Crippen molar-refractivity contribution in [3.05, 3.63) is 23.4 Å². The molecule has 1 aromatic heterocycles. The van der Waals surface area contributed by atoms with Crippen LogP contribution in [0.1, 0.15) is 102 Å². The number of unbranched alkanes of at least 4 members (excludes halogenated alkanes) is 8. The fraction of sp³-hybridized carbons (Fsp3) is 0.714. The molecule has 0 amide bonds. The lowest BCUT2D eigenvalue weighted by Crippen LogP contribution is -2.67. The van der Waals surface area contributed by atoms with Gasteiger partial charge in [-0.2, -0.15) is 0 Å². The van der Waals surface area contributed by atoms with E-state index in [9.17, 15) is 9.59 Å². The molecule has 5 unspecified atom stereocenters. The average molecular weight is 597 g/mol. The zero-order chi connectivity index (χ0) is 30.4. The van der Waals surface area contributed by atoms with E-state index in [-0.39, 0.29) is 23.9 Å². The van der Waals surface area contributed by atoms with Crippen molar-refractivity contribution in [2.24, 2.45) is 11.8 Å². The number of benzene rings is 1. The molecule has 2 saturated heterocycles. The van der Waals surface area contributed by atoms with Crippen LogP contribution < -0.4 is 9.47 Å². The zero-order valence-electron chi connectivity index (χ0n) is 26.8. The fourth-order valence-electron chi connectivity index (χ4n) is 8.51. The quantitative estimate of drug-likeness (QED) is 0.170. The largest absolute Gasteiger partial charge is 0.493 e. The fourth-order valence-corrected chi connectivity index (χ4v) is 8.51. The SMILES string of the molecule is CCCCCCCCCCCC(=O)OCCC1CC2CN3CCc4c([nH]c5cc(OC)c(OC)cc45)C(C(=O)OC)(C2)C13. The van der Waals surface area contributed by atoms with Gasteiger partial charge in [0.2, 0.25) is 0 Å². The first-order chi connectivity index (χ1) is 21.0. The van der Waals surface area contributed by atoms with Crippen LogP contribution in [0.3, 0.4) is 0 Å². The van der Waals surface area contributed by atoms with E-state index < -0.39 is 5.41 Å². The van der Waals surface area contributed by atoms with Crippen molar-refractivity contribution in [2.75, 3.05) is 41.0 Å². The molecule has 43 heavy (non-hydrogen) atoms. The number of nitrogens with zero attached hydrogens (tertiary/aromatic N) is 1. The number of esters is 2. The molecule has 8 heteroatoms. The van der Waals surface area contributed by atoms with Gasteiger partial charge in [-0.05, 0) is 55.6 Å². The molecule has 4 bridgehead atoms. The number of carbonyl (C=O) groups is 2. The van der Waals surface area contributed by atoms with Gasteiger partial charge in [0.05, 0.1) is 27.9 Å². The Balaban J connectivity index is 1.25. The van der Waals surface area contributed by atoms with Crippen molar-refractivity contribution >= 4 is 22.8 Å². The number of fused-ring (bicyclic) bond motifs is 4. The van der Waals surface area contributed by atoms with Gasteiger partial charge >= 0.3 is 11.9 Å². The molecule has 1 aromatic carbocycles. The van der Waals surface area contributed by atoms with Crippen molar-refractivity contribution < 1.29 is 28.5 Å². The van der Waals surface area contributed by atoms with E-state index in [1.54, 1.807) is 14.2 Å². The molecular weight excluding hydrogens is 544 g/mol. The molecule has 0 radical (unpaired) electrons. The molecule has 6 rings (SSSR count). The molecule has 0 spiro atoms. The van der Waals surface area contributed by atoms with Gasteiger partial charge in [0, 0.05) is 48.2 Å². The average Bonchev–Trinajstić information content (AvgIpc) is 3.34. The Morgan fingerprint density at radius 3 is 2.37 bits per heavy atom. The minimum atomic E-state index is -0.785.